The number of aliphatic carboxylic acids is 1. The van der Waals surface area contributed by atoms with E-state index in [0.717, 1.165) is 10.1 Å². The molecule has 2 rings (SSSR count). The Kier molecular flexibility index (Phi) is 2.87. The summed E-state index contributed by atoms with van der Waals surface area (Å²) in [4.78, 5) is 22.0. The fourth-order valence-corrected chi connectivity index (χ4v) is 2.35. The maximum absolute atomic E-state index is 11.7. The topological polar surface area (TPSA) is 66.4 Å². The molecule has 1 aromatic carbocycles. The Labute approximate surface area is 95.5 Å². The van der Waals surface area contributed by atoms with Gasteiger partial charge in [0, 0.05) is 15.5 Å². The highest BCUT2D eigenvalue weighted by molar-refractivity contribution is 7.17. The number of nitrogens with one attached hydrogen (secondary N) is 1. The summed E-state index contributed by atoms with van der Waals surface area (Å²) in [7, 11) is 0. The van der Waals surface area contributed by atoms with E-state index in [1.54, 1.807) is 5.38 Å². The van der Waals surface area contributed by atoms with Crippen molar-refractivity contribution in [1.82, 2.24) is 5.32 Å². The van der Waals surface area contributed by atoms with Gasteiger partial charge in [0.2, 0.25) is 0 Å². The number of amides is 1. The van der Waals surface area contributed by atoms with Crippen LogP contribution in [0.2, 0.25) is 0 Å². The zero-order valence-corrected chi connectivity index (χ0v) is 9.08. The van der Waals surface area contributed by atoms with E-state index >= 15 is 0 Å². The number of thiophene rings is 1. The van der Waals surface area contributed by atoms with Crippen molar-refractivity contribution in [3.8, 4) is 0 Å². The highest BCUT2D eigenvalue weighted by Crippen LogP contribution is 2.25. The zero-order chi connectivity index (χ0) is 11.5. The second-order valence-corrected chi connectivity index (χ2v) is 4.13. The minimum atomic E-state index is -1.05. The standard InChI is InChI=1S/C11H9NO3S/c13-10(14)5-12-11(15)8-6-16-9-4-2-1-3-7(8)9/h1-4,6H,5H2,(H,12,15)(H,13,14). The van der Waals surface area contributed by atoms with Crippen LogP contribution in [0.15, 0.2) is 29.6 Å². The first kappa shape index (κ1) is 10.6. The van der Waals surface area contributed by atoms with Crippen molar-refractivity contribution in [2.75, 3.05) is 6.54 Å². The van der Waals surface area contributed by atoms with E-state index in [-0.39, 0.29) is 12.5 Å². The molecular weight excluding hydrogens is 226 g/mol. The lowest BCUT2D eigenvalue weighted by atomic mass is 10.2. The summed E-state index contributed by atoms with van der Waals surface area (Å²) in [6.45, 7) is -0.358. The van der Waals surface area contributed by atoms with Crippen LogP contribution in [0.4, 0.5) is 0 Å². The lowest BCUT2D eigenvalue weighted by Crippen LogP contribution is -2.28. The fraction of sp³-hybridized carbons (Fsp3) is 0.0909. The molecule has 0 spiro atoms. The van der Waals surface area contributed by atoms with Crippen LogP contribution in [-0.2, 0) is 4.79 Å². The molecule has 82 valence electrons. The van der Waals surface area contributed by atoms with Crippen LogP contribution in [-0.4, -0.2) is 23.5 Å². The van der Waals surface area contributed by atoms with E-state index in [0.29, 0.717) is 5.56 Å². The Balaban J connectivity index is 2.26. The predicted molar refractivity (Wildman–Crippen MR) is 61.8 cm³/mol. The average Bonchev–Trinajstić information content (AvgIpc) is 2.69. The van der Waals surface area contributed by atoms with Crippen LogP contribution in [0.5, 0.6) is 0 Å². The molecule has 0 aliphatic carbocycles. The summed E-state index contributed by atoms with van der Waals surface area (Å²) < 4.78 is 1.02. The van der Waals surface area contributed by atoms with E-state index < -0.39 is 5.97 Å². The van der Waals surface area contributed by atoms with Gasteiger partial charge in [-0.15, -0.1) is 11.3 Å². The SMILES string of the molecule is O=C(O)CNC(=O)c1csc2ccccc12. The summed E-state index contributed by atoms with van der Waals surface area (Å²) in [6, 6.07) is 7.52. The van der Waals surface area contributed by atoms with Gasteiger partial charge in [-0.3, -0.25) is 9.59 Å². The number of carboxylic acid groups (broad SMARTS) is 1. The molecule has 1 amide bonds. The second kappa shape index (κ2) is 4.32. The minimum absolute atomic E-state index is 0.347. The lowest BCUT2D eigenvalue weighted by molar-refractivity contribution is -0.135. The fourth-order valence-electron chi connectivity index (χ4n) is 1.40. The molecule has 0 radical (unpaired) electrons. The Hall–Kier alpha value is -1.88. The first-order valence-electron chi connectivity index (χ1n) is 4.64. The van der Waals surface area contributed by atoms with E-state index in [1.807, 2.05) is 24.3 Å². The number of carbonyl (C=O) groups excluding carboxylic acids is 1. The van der Waals surface area contributed by atoms with Crippen LogP contribution >= 0.6 is 11.3 Å². The van der Waals surface area contributed by atoms with Gasteiger partial charge in [0.25, 0.3) is 5.91 Å². The molecule has 0 aliphatic rings. The third-order valence-corrected chi connectivity index (χ3v) is 3.09. The molecule has 0 aliphatic heterocycles. The van der Waals surface area contributed by atoms with Gasteiger partial charge in [-0.05, 0) is 6.07 Å². The normalized spacial score (nSPS) is 10.2. The first-order valence-corrected chi connectivity index (χ1v) is 5.52. The number of carboxylic acids is 1. The van der Waals surface area contributed by atoms with Crippen LogP contribution in [0.25, 0.3) is 10.1 Å². The van der Waals surface area contributed by atoms with E-state index in [4.69, 9.17) is 5.11 Å². The third kappa shape index (κ3) is 2.04. The van der Waals surface area contributed by atoms with E-state index in [1.165, 1.54) is 11.3 Å². The van der Waals surface area contributed by atoms with Crippen molar-refractivity contribution in [1.29, 1.82) is 0 Å². The average molecular weight is 235 g/mol. The monoisotopic (exact) mass is 235 g/mol. The lowest BCUT2D eigenvalue weighted by Gasteiger charge is -2.00. The number of hydrogen-bond donors (Lipinski definition) is 2. The largest absolute Gasteiger partial charge is 0.480 e. The molecular formula is C11H9NO3S. The van der Waals surface area contributed by atoms with Crippen LogP contribution < -0.4 is 5.32 Å². The molecule has 1 heterocycles. The molecule has 1 aromatic heterocycles. The molecule has 0 fully saturated rings. The molecule has 2 aromatic rings. The summed E-state index contributed by atoms with van der Waals surface area (Å²) in [5, 5.41) is 13.4. The summed E-state index contributed by atoms with van der Waals surface area (Å²) in [5.74, 6) is -1.40. The van der Waals surface area contributed by atoms with Gasteiger partial charge in [-0.1, -0.05) is 18.2 Å². The predicted octanol–water partition coefficient (Wildman–Crippen LogP) is 1.72. The van der Waals surface area contributed by atoms with Crippen LogP contribution in [0.1, 0.15) is 10.4 Å². The van der Waals surface area contributed by atoms with Gasteiger partial charge in [-0.2, -0.15) is 0 Å². The quantitative estimate of drug-likeness (QED) is 0.851. The summed E-state index contributed by atoms with van der Waals surface area (Å²) in [6.07, 6.45) is 0. The maximum atomic E-state index is 11.7. The molecule has 0 bridgehead atoms. The molecule has 0 saturated carbocycles. The molecule has 0 unspecified atom stereocenters. The van der Waals surface area contributed by atoms with Crippen LogP contribution in [0, 0.1) is 0 Å². The molecule has 2 N–H and O–H groups in total. The van der Waals surface area contributed by atoms with Crippen molar-refractivity contribution < 1.29 is 14.7 Å². The Morgan fingerprint density at radius 2 is 2.06 bits per heavy atom. The Morgan fingerprint density at radius 3 is 2.81 bits per heavy atom. The smallest absolute Gasteiger partial charge is 0.322 e. The van der Waals surface area contributed by atoms with Crippen molar-refractivity contribution in [2.24, 2.45) is 0 Å². The zero-order valence-electron chi connectivity index (χ0n) is 8.27. The molecule has 0 atom stereocenters. The van der Waals surface area contributed by atoms with Crippen LogP contribution in [0.3, 0.4) is 0 Å². The van der Waals surface area contributed by atoms with Crippen molar-refractivity contribution in [3.05, 3.63) is 35.2 Å². The number of carbonyl (C=O) groups is 2. The Bertz CT molecular complexity index is 547. The molecule has 0 saturated heterocycles. The summed E-state index contributed by atoms with van der Waals surface area (Å²) in [5.41, 5.74) is 0.529. The van der Waals surface area contributed by atoms with Gasteiger partial charge in [0.1, 0.15) is 6.54 Å². The molecule has 5 heteroatoms. The number of benzene rings is 1. The van der Waals surface area contributed by atoms with Gasteiger partial charge in [0.05, 0.1) is 5.56 Å². The highest BCUT2D eigenvalue weighted by atomic mass is 32.1. The molecule has 4 nitrogen and oxygen atoms in total. The highest BCUT2D eigenvalue weighted by Gasteiger charge is 2.12. The number of fused-ring (bicyclic) bond motifs is 1. The van der Waals surface area contributed by atoms with Gasteiger partial charge < -0.3 is 10.4 Å². The number of rotatable bonds is 3. The van der Waals surface area contributed by atoms with E-state index in [2.05, 4.69) is 5.32 Å². The van der Waals surface area contributed by atoms with Gasteiger partial charge >= 0.3 is 5.97 Å². The van der Waals surface area contributed by atoms with Gasteiger partial charge in [-0.25, -0.2) is 0 Å². The summed E-state index contributed by atoms with van der Waals surface area (Å²) >= 11 is 1.47. The van der Waals surface area contributed by atoms with Crippen molar-refractivity contribution in [3.63, 3.8) is 0 Å². The number of hydrogen-bond acceptors (Lipinski definition) is 3. The van der Waals surface area contributed by atoms with Gasteiger partial charge in [0.15, 0.2) is 0 Å². The molecule has 16 heavy (non-hydrogen) atoms. The van der Waals surface area contributed by atoms with Crippen molar-refractivity contribution >= 4 is 33.3 Å². The van der Waals surface area contributed by atoms with Crippen molar-refractivity contribution in [2.45, 2.75) is 0 Å². The Morgan fingerprint density at radius 1 is 1.31 bits per heavy atom. The minimum Gasteiger partial charge on any atom is -0.480 e. The first-order chi connectivity index (χ1) is 7.68. The second-order valence-electron chi connectivity index (χ2n) is 3.22. The maximum Gasteiger partial charge on any atom is 0.322 e. The van der Waals surface area contributed by atoms with E-state index in [9.17, 15) is 9.59 Å². The third-order valence-electron chi connectivity index (χ3n) is 2.13.